The van der Waals surface area contributed by atoms with E-state index < -0.39 is 11.6 Å². The molecule has 4 nitrogen and oxygen atoms in total. The number of hydrogen-bond acceptors (Lipinski definition) is 4. The van der Waals surface area contributed by atoms with Crippen molar-refractivity contribution < 1.29 is 19.6 Å². The summed E-state index contributed by atoms with van der Waals surface area (Å²) in [7, 11) is 0. The van der Waals surface area contributed by atoms with E-state index in [4.69, 9.17) is 4.89 Å². The first kappa shape index (κ1) is 13.4. The monoisotopic (exact) mass is 204 g/mol. The molecule has 84 valence electrons. The molecule has 0 saturated carbocycles. The largest absolute Gasteiger partial charge is 0.348 e. The molecule has 0 radical (unpaired) electrons. The van der Waals surface area contributed by atoms with Gasteiger partial charge in [-0.15, -0.1) is 0 Å². The van der Waals surface area contributed by atoms with Crippen LogP contribution in [0, 0.1) is 11.8 Å². The Morgan fingerprint density at radius 3 is 2.00 bits per heavy atom. The highest BCUT2D eigenvalue weighted by atomic mass is 17.5. The van der Waals surface area contributed by atoms with Gasteiger partial charge in [-0.2, -0.15) is 4.89 Å². The summed E-state index contributed by atoms with van der Waals surface area (Å²) in [5.41, 5.74) is -0.475. The van der Waals surface area contributed by atoms with Gasteiger partial charge < -0.3 is 0 Å². The number of carbonyl (C=O) groups excluding carboxylic acids is 1. The standard InChI is InChI=1S/C10H20O4/c1-7(2)9(11)12-14-13-10(5,6)8(3)4/h7-8H,1-6H3. The van der Waals surface area contributed by atoms with Gasteiger partial charge in [-0.3, -0.25) is 4.89 Å². The van der Waals surface area contributed by atoms with Crippen molar-refractivity contribution in [3.8, 4) is 0 Å². The second kappa shape index (κ2) is 5.32. The van der Waals surface area contributed by atoms with E-state index in [1.165, 1.54) is 0 Å². The van der Waals surface area contributed by atoms with Gasteiger partial charge >= 0.3 is 5.97 Å². The van der Waals surface area contributed by atoms with Crippen molar-refractivity contribution in [2.45, 2.75) is 47.1 Å². The van der Waals surface area contributed by atoms with Gasteiger partial charge in [0.05, 0.1) is 5.92 Å². The summed E-state index contributed by atoms with van der Waals surface area (Å²) in [6.07, 6.45) is 0. The average Bonchev–Trinajstić information content (AvgIpc) is 2.03. The highest BCUT2D eigenvalue weighted by Crippen LogP contribution is 2.20. The summed E-state index contributed by atoms with van der Waals surface area (Å²) >= 11 is 0. The predicted octanol–water partition coefficient (Wildman–Crippen LogP) is 2.48. The number of hydrogen-bond donors (Lipinski definition) is 0. The van der Waals surface area contributed by atoms with Crippen LogP contribution in [0.15, 0.2) is 0 Å². The Bertz CT molecular complexity index is 185. The normalized spacial score (nSPS) is 12.3. The third-order valence-corrected chi connectivity index (χ3v) is 2.23. The molecule has 0 amide bonds. The van der Waals surface area contributed by atoms with E-state index >= 15 is 0 Å². The fourth-order valence-corrected chi connectivity index (χ4v) is 0.331. The summed E-state index contributed by atoms with van der Waals surface area (Å²) in [6.45, 7) is 11.2. The van der Waals surface area contributed by atoms with E-state index in [0.717, 1.165) is 0 Å². The maximum atomic E-state index is 11.0. The van der Waals surface area contributed by atoms with Crippen LogP contribution in [0.3, 0.4) is 0 Å². The summed E-state index contributed by atoms with van der Waals surface area (Å²) in [6, 6.07) is 0. The molecule has 0 unspecified atom stereocenters. The van der Waals surface area contributed by atoms with Crippen molar-refractivity contribution in [3.05, 3.63) is 0 Å². The van der Waals surface area contributed by atoms with Gasteiger partial charge in [0.25, 0.3) is 0 Å². The van der Waals surface area contributed by atoms with Crippen LogP contribution < -0.4 is 0 Å². The molecule has 0 aliphatic heterocycles. The van der Waals surface area contributed by atoms with Crippen LogP contribution in [-0.2, 0) is 19.6 Å². The minimum absolute atomic E-state index is 0.222. The molecule has 0 aliphatic carbocycles. The Kier molecular flexibility index (Phi) is 5.08. The molecule has 0 fully saturated rings. The molecule has 0 aromatic rings. The Labute approximate surface area is 85.4 Å². The highest BCUT2D eigenvalue weighted by Gasteiger charge is 2.26. The van der Waals surface area contributed by atoms with Crippen LogP contribution >= 0.6 is 0 Å². The van der Waals surface area contributed by atoms with E-state index in [1.54, 1.807) is 13.8 Å². The Hall–Kier alpha value is -0.610. The van der Waals surface area contributed by atoms with Crippen LogP contribution in [0.5, 0.6) is 0 Å². The molecule has 0 aromatic heterocycles. The zero-order valence-corrected chi connectivity index (χ0v) is 9.79. The summed E-state index contributed by atoms with van der Waals surface area (Å²) in [4.78, 5) is 20.4. The predicted molar refractivity (Wildman–Crippen MR) is 52.0 cm³/mol. The molecule has 0 aromatic carbocycles. The maximum Gasteiger partial charge on any atom is 0.348 e. The summed E-state index contributed by atoms with van der Waals surface area (Å²) in [5.74, 6) is -0.398. The molecular formula is C10H20O4. The molecule has 0 spiro atoms. The lowest BCUT2D eigenvalue weighted by atomic mass is 9.95. The summed E-state index contributed by atoms with van der Waals surface area (Å²) in [5, 5.41) is 4.43. The smallest absolute Gasteiger partial charge is 0.269 e. The molecule has 0 aliphatic rings. The van der Waals surface area contributed by atoms with E-state index in [0.29, 0.717) is 0 Å². The molecule has 14 heavy (non-hydrogen) atoms. The number of rotatable bonds is 5. The van der Waals surface area contributed by atoms with Crippen molar-refractivity contribution in [1.82, 2.24) is 0 Å². The Morgan fingerprint density at radius 2 is 1.64 bits per heavy atom. The van der Waals surface area contributed by atoms with E-state index in [-0.39, 0.29) is 11.8 Å². The highest BCUT2D eigenvalue weighted by molar-refractivity contribution is 5.70. The summed E-state index contributed by atoms with van der Waals surface area (Å²) < 4.78 is 0. The zero-order chi connectivity index (χ0) is 11.4. The minimum Gasteiger partial charge on any atom is -0.269 e. The maximum absolute atomic E-state index is 11.0. The zero-order valence-electron chi connectivity index (χ0n) is 9.79. The van der Waals surface area contributed by atoms with E-state index in [1.807, 2.05) is 27.7 Å². The first-order valence-corrected chi connectivity index (χ1v) is 4.83. The fraction of sp³-hybridized carbons (Fsp3) is 0.900. The first-order valence-electron chi connectivity index (χ1n) is 4.83. The van der Waals surface area contributed by atoms with Crippen LogP contribution in [0.2, 0.25) is 0 Å². The van der Waals surface area contributed by atoms with Gasteiger partial charge in [0, 0.05) is 0 Å². The van der Waals surface area contributed by atoms with Crippen molar-refractivity contribution in [1.29, 1.82) is 0 Å². The topological polar surface area (TPSA) is 44.8 Å². The van der Waals surface area contributed by atoms with E-state index in [2.05, 4.69) is 9.93 Å². The van der Waals surface area contributed by atoms with Gasteiger partial charge in [-0.05, 0) is 24.8 Å². The molecular weight excluding hydrogens is 184 g/mol. The van der Waals surface area contributed by atoms with Gasteiger partial charge in [0.2, 0.25) is 0 Å². The Balaban J connectivity index is 3.80. The van der Waals surface area contributed by atoms with Crippen molar-refractivity contribution in [2.75, 3.05) is 0 Å². The Morgan fingerprint density at radius 1 is 1.14 bits per heavy atom. The molecule has 0 heterocycles. The van der Waals surface area contributed by atoms with Gasteiger partial charge in [0.15, 0.2) is 0 Å². The molecule has 0 rings (SSSR count). The van der Waals surface area contributed by atoms with Gasteiger partial charge in [-0.1, -0.05) is 27.7 Å². The van der Waals surface area contributed by atoms with Crippen LogP contribution in [0.25, 0.3) is 0 Å². The van der Waals surface area contributed by atoms with Crippen LogP contribution in [0.4, 0.5) is 0 Å². The van der Waals surface area contributed by atoms with Crippen molar-refractivity contribution in [2.24, 2.45) is 11.8 Å². The quantitative estimate of drug-likeness (QED) is 0.510. The molecule has 0 bridgehead atoms. The van der Waals surface area contributed by atoms with Crippen LogP contribution in [0.1, 0.15) is 41.5 Å². The second-order valence-electron chi connectivity index (χ2n) is 4.47. The van der Waals surface area contributed by atoms with Crippen LogP contribution in [-0.4, -0.2) is 11.6 Å². The van der Waals surface area contributed by atoms with Gasteiger partial charge in [0.1, 0.15) is 5.60 Å². The second-order valence-corrected chi connectivity index (χ2v) is 4.47. The third-order valence-electron chi connectivity index (χ3n) is 2.23. The third kappa shape index (κ3) is 4.58. The average molecular weight is 204 g/mol. The lowest BCUT2D eigenvalue weighted by Gasteiger charge is -2.26. The molecule has 0 N–H and O–H groups in total. The van der Waals surface area contributed by atoms with Crippen molar-refractivity contribution in [3.63, 3.8) is 0 Å². The number of carbonyl (C=O) groups is 1. The fourth-order valence-electron chi connectivity index (χ4n) is 0.331. The van der Waals surface area contributed by atoms with Crippen molar-refractivity contribution >= 4 is 5.97 Å². The van der Waals surface area contributed by atoms with Gasteiger partial charge in [-0.25, -0.2) is 4.79 Å². The SMILES string of the molecule is CC(C)C(=O)OOOC(C)(C)C(C)C. The molecule has 0 saturated heterocycles. The lowest BCUT2D eigenvalue weighted by molar-refractivity contribution is -0.521. The minimum atomic E-state index is -0.475. The van der Waals surface area contributed by atoms with E-state index in [9.17, 15) is 4.79 Å². The first-order chi connectivity index (χ1) is 6.27. The lowest BCUT2D eigenvalue weighted by Crippen LogP contribution is -2.31. The molecule has 4 heteroatoms. The molecule has 0 atom stereocenters.